The molecule has 210 valence electrons. The first-order valence-electron chi connectivity index (χ1n) is 12.9. The molecule has 2 fully saturated rings. The molecule has 0 saturated carbocycles. The van der Waals surface area contributed by atoms with Gasteiger partial charge in [0.2, 0.25) is 5.88 Å². The zero-order chi connectivity index (χ0) is 27.8. The fourth-order valence-electron chi connectivity index (χ4n) is 4.50. The molecule has 5 rings (SSSR count). The number of benzene rings is 2. The van der Waals surface area contributed by atoms with Crippen LogP contribution in [0.5, 0.6) is 5.88 Å². The van der Waals surface area contributed by atoms with Crippen molar-refractivity contribution in [1.29, 1.82) is 0 Å². The molecular weight excluding hydrogens is 508 g/mol. The Morgan fingerprint density at radius 1 is 1.18 bits per heavy atom. The Morgan fingerprint density at radius 2 is 1.95 bits per heavy atom. The van der Waals surface area contributed by atoms with E-state index in [1.807, 2.05) is 37.3 Å². The summed E-state index contributed by atoms with van der Waals surface area (Å²) in [5, 5.41) is 7.06. The molecule has 0 spiro atoms. The van der Waals surface area contributed by atoms with Gasteiger partial charge < -0.3 is 24.8 Å². The molecule has 3 N–H and O–H groups in total. The molecule has 11 heteroatoms. The van der Waals surface area contributed by atoms with Gasteiger partial charge in [-0.2, -0.15) is 0 Å². The average Bonchev–Trinajstić information content (AvgIpc) is 3.49. The summed E-state index contributed by atoms with van der Waals surface area (Å²) in [4.78, 5) is 13.5. The lowest BCUT2D eigenvalue weighted by Crippen LogP contribution is -2.32. The van der Waals surface area contributed by atoms with Crippen LogP contribution in [0.1, 0.15) is 23.5 Å². The van der Waals surface area contributed by atoms with Crippen molar-refractivity contribution in [2.24, 2.45) is 11.7 Å². The monoisotopic (exact) mass is 543 g/mol. The Hall–Kier alpha value is -3.54. The highest BCUT2D eigenvalue weighted by Crippen LogP contribution is 2.29. The fourth-order valence-corrected chi connectivity index (χ4v) is 4.50. The van der Waals surface area contributed by atoms with Gasteiger partial charge in [0.25, 0.3) is 0 Å². The number of hydrogen-bond acceptors (Lipinski definition) is 6. The first-order valence-corrected chi connectivity index (χ1v) is 12.9. The van der Waals surface area contributed by atoms with E-state index in [1.54, 1.807) is 17.9 Å². The second-order valence-corrected chi connectivity index (χ2v) is 9.68. The number of nitrogens with two attached hydrogens (primary N) is 1. The average molecular weight is 544 g/mol. The number of rotatable bonds is 9. The van der Waals surface area contributed by atoms with Crippen LogP contribution in [0.2, 0.25) is 0 Å². The van der Waals surface area contributed by atoms with Gasteiger partial charge in [0, 0.05) is 26.1 Å². The molecule has 2 saturated heterocycles. The number of likely N-dealkylation sites (tertiary alicyclic amines) is 1. The van der Waals surface area contributed by atoms with E-state index in [0.717, 1.165) is 42.9 Å². The van der Waals surface area contributed by atoms with Gasteiger partial charge in [0.15, 0.2) is 11.6 Å². The maximum atomic E-state index is 13.1. The minimum Gasteiger partial charge on any atom is -0.476 e. The Morgan fingerprint density at radius 3 is 2.59 bits per heavy atom. The standard InChI is InChI=1S/C15H18N4O3.C13H17F2NO/c1-10-13(17-15(16)20)19(12-5-3-2-4-6-12)18-14(10)22-9-11-7-21-8-11;1-17-7-6-16-5-4-11(9-16)10-2-3-12(14)13(15)8-10/h2-6,11H,7-9H2,1H3,(H3,16,17,20);2-3,8,11H,4-7,9H2,1H3. The number of aromatic nitrogens is 2. The number of hydrogen-bond donors (Lipinski definition) is 2. The number of anilines is 1. The summed E-state index contributed by atoms with van der Waals surface area (Å²) >= 11 is 0. The Kier molecular flexibility index (Phi) is 9.85. The van der Waals surface area contributed by atoms with Crippen molar-refractivity contribution < 1.29 is 27.8 Å². The lowest BCUT2D eigenvalue weighted by atomic mass is 9.98. The number of nitrogens with one attached hydrogen (secondary N) is 1. The lowest BCUT2D eigenvalue weighted by molar-refractivity contribution is -0.0515. The molecule has 0 aliphatic carbocycles. The molecule has 3 heterocycles. The predicted molar refractivity (Wildman–Crippen MR) is 143 cm³/mol. The van der Waals surface area contributed by atoms with Crippen molar-refractivity contribution in [3.63, 3.8) is 0 Å². The van der Waals surface area contributed by atoms with Crippen LogP contribution in [0.4, 0.5) is 19.4 Å². The van der Waals surface area contributed by atoms with Gasteiger partial charge in [-0.15, -0.1) is 5.10 Å². The summed E-state index contributed by atoms with van der Waals surface area (Å²) < 4.78 is 43.5. The highest BCUT2D eigenvalue weighted by atomic mass is 19.2. The quantitative estimate of drug-likeness (QED) is 0.421. The number of ether oxygens (including phenoxy) is 3. The van der Waals surface area contributed by atoms with Gasteiger partial charge in [-0.25, -0.2) is 18.3 Å². The molecule has 1 aromatic heterocycles. The molecule has 39 heavy (non-hydrogen) atoms. The van der Waals surface area contributed by atoms with Crippen LogP contribution in [0.25, 0.3) is 5.69 Å². The van der Waals surface area contributed by atoms with Crippen molar-refractivity contribution in [1.82, 2.24) is 14.7 Å². The maximum absolute atomic E-state index is 13.1. The summed E-state index contributed by atoms with van der Waals surface area (Å²) in [5.41, 5.74) is 7.70. The summed E-state index contributed by atoms with van der Waals surface area (Å²) in [5.74, 6) is 0.176. The van der Waals surface area contributed by atoms with E-state index in [1.165, 1.54) is 12.1 Å². The minimum absolute atomic E-state index is 0.307. The van der Waals surface area contributed by atoms with Crippen LogP contribution in [0.15, 0.2) is 48.5 Å². The zero-order valence-corrected chi connectivity index (χ0v) is 22.2. The highest BCUT2D eigenvalue weighted by molar-refractivity contribution is 5.88. The van der Waals surface area contributed by atoms with E-state index in [2.05, 4.69) is 15.3 Å². The number of carbonyl (C=O) groups is 1. The fraction of sp³-hybridized carbons (Fsp3) is 0.429. The van der Waals surface area contributed by atoms with Gasteiger partial charge in [0.05, 0.1) is 37.7 Å². The van der Waals surface area contributed by atoms with Gasteiger partial charge >= 0.3 is 6.03 Å². The van der Waals surface area contributed by atoms with Crippen LogP contribution in [-0.4, -0.2) is 73.9 Å². The third-order valence-electron chi connectivity index (χ3n) is 6.78. The van der Waals surface area contributed by atoms with E-state index < -0.39 is 17.7 Å². The summed E-state index contributed by atoms with van der Waals surface area (Å²) in [6, 6.07) is 13.1. The van der Waals surface area contributed by atoms with E-state index in [4.69, 9.17) is 19.9 Å². The van der Waals surface area contributed by atoms with E-state index in [0.29, 0.717) is 50.0 Å². The summed E-state index contributed by atoms with van der Waals surface area (Å²) in [7, 11) is 1.68. The number of methoxy groups -OCH3 is 1. The van der Waals surface area contributed by atoms with Crippen LogP contribution < -0.4 is 15.8 Å². The molecule has 2 aromatic carbocycles. The molecule has 0 radical (unpaired) electrons. The van der Waals surface area contributed by atoms with Crippen molar-refractivity contribution >= 4 is 11.8 Å². The number of urea groups is 1. The summed E-state index contributed by atoms with van der Waals surface area (Å²) in [6.07, 6.45) is 0.995. The van der Waals surface area contributed by atoms with E-state index >= 15 is 0 Å². The van der Waals surface area contributed by atoms with Crippen LogP contribution in [0, 0.1) is 24.5 Å². The smallest absolute Gasteiger partial charge is 0.317 e. The number of primary amides is 1. The molecule has 2 aliphatic heterocycles. The van der Waals surface area contributed by atoms with Gasteiger partial charge in [-0.1, -0.05) is 24.3 Å². The zero-order valence-electron chi connectivity index (χ0n) is 22.2. The highest BCUT2D eigenvalue weighted by Gasteiger charge is 2.24. The number of amides is 2. The normalized spacial score (nSPS) is 17.3. The minimum atomic E-state index is -0.775. The molecule has 1 unspecified atom stereocenters. The number of halogens is 2. The maximum Gasteiger partial charge on any atom is 0.317 e. The molecule has 3 aromatic rings. The lowest BCUT2D eigenvalue weighted by Gasteiger charge is -2.25. The molecule has 2 amide bonds. The van der Waals surface area contributed by atoms with Crippen LogP contribution in [0.3, 0.4) is 0 Å². The number of para-hydroxylation sites is 1. The second-order valence-electron chi connectivity index (χ2n) is 9.68. The van der Waals surface area contributed by atoms with Crippen LogP contribution >= 0.6 is 0 Å². The molecule has 2 aliphatic rings. The van der Waals surface area contributed by atoms with Crippen molar-refractivity contribution in [3.05, 3.63) is 71.3 Å². The van der Waals surface area contributed by atoms with Crippen LogP contribution in [-0.2, 0) is 9.47 Å². The van der Waals surface area contributed by atoms with Gasteiger partial charge in [-0.05, 0) is 55.6 Å². The summed E-state index contributed by atoms with van der Waals surface area (Å²) in [6.45, 7) is 7.31. The van der Waals surface area contributed by atoms with Gasteiger partial charge in [-0.3, -0.25) is 5.32 Å². The van der Waals surface area contributed by atoms with Crippen molar-refractivity contribution in [2.45, 2.75) is 19.3 Å². The second kappa shape index (κ2) is 13.5. The largest absolute Gasteiger partial charge is 0.476 e. The Bertz CT molecular complexity index is 1240. The predicted octanol–water partition coefficient (Wildman–Crippen LogP) is 4.10. The van der Waals surface area contributed by atoms with Crippen molar-refractivity contribution in [2.75, 3.05) is 58.5 Å². The van der Waals surface area contributed by atoms with E-state index in [9.17, 15) is 13.6 Å². The Balaban J connectivity index is 0.000000187. The molecular formula is C28H35F2N5O4. The van der Waals surface area contributed by atoms with Crippen molar-refractivity contribution in [3.8, 4) is 11.6 Å². The SMILES string of the molecule is COCCN1CCC(c2ccc(F)c(F)c2)C1.Cc1c(OCC2COC2)nn(-c2ccccc2)c1NC(N)=O. The Labute approximate surface area is 226 Å². The number of nitrogens with zero attached hydrogens (tertiary/aromatic N) is 3. The van der Waals surface area contributed by atoms with Gasteiger partial charge in [0.1, 0.15) is 5.82 Å². The first-order chi connectivity index (χ1) is 18.9. The topological polar surface area (TPSA) is 104 Å². The number of carbonyl (C=O) groups excluding carboxylic acids is 1. The van der Waals surface area contributed by atoms with E-state index in [-0.39, 0.29) is 0 Å². The molecule has 1 atom stereocenters. The first kappa shape index (κ1) is 28.5. The third-order valence-corrected chi connectivity index (χ3v) is 6.78. The third kappa shape index (κ3) is 7.53. The molecule has 0 bridgehead atoms. The molecule has 9 nitrogen and oxygen atoms in total.